The van der Waals surface area contributed by atoms with Crippen molar-refractivity contribution in [2.24, 2.45) is 11.8 Å². The molecule has 2 atom stereocenters. The number of nitrogens with one attached hydrogen (secondary N) is 2. The van der Waals surface area contributed by atoms with Crippen molar-refractivity contribution in [1.82, 2.24) is 19.9 Å². The summed E-state index contributed by atoms with van der Waals surface area (Å²) in [5, 5.41) is 3.41. The molecular weight excluding hydrogens is 238 g/mol. The van der Waals surface area contributed by atoms with Gasteiger partial charge in [-0.25, -0.2) is 15.0 Å². The van der Waals surface area contributed by atoms with Crippen LogP contribution >= 0.6 is 0 Å². The van der Waals surface area contributed by atoms with Gasteiger partial charge in [0.25, 0.3) is 0 Å². The van der Waals surface area contributed by atoms with E-state index in [0.717, 1.165) is 35.4 Å². The number of aromatic nitrogens is 4. The minimum Gasteiger partial charge on any atom is -0.368 e. The van der Waals surface area contributed by atoms with Crippen molar-refractivity contribution in [1.29, 1.82) is 0 Å². The number of aromatic amines is 1. The van der Waals surface area contributed by atoms with Gasteiger partial charge in [-0.3, -0.25) is 0 Å². The van der Waals surface area contributed by atoms with E-state index in [1.165, 1.54) is 32.1 Å². The van der Waals surface area contributed by atoms with E-state index in [1.54, 1.807) is 12.7 Å². The van der Waals surface area contributed by atoms with Gasteiger partial charge >= 0.3 is 0 Å². The Hall–Kier alpha value is -1.65. The van der Waals surface area contributed by atoms with Crippen LogP contribution in [0.4, 0.5) is 5.82 Å². The Morgan fingerprint density at radius 2 is 2.26 bits per heavy atom. The van der Waals surface area contributed by atoms with Crippen LogP contribution in [-0.4, -0.2) is 26.5 Å². The third kappa shape index (κ3) is 2.85. The van der Waals surface area contributed by atoms with Gasteiger partial charge in [0.15, 0.2) is 11.5 Å². The van der Waals surface area contributed by atoms with Gasteiger partial charge in [-0.1, -0.05) is 26.2 Å². The number of imidazole rings is 1. The van der Waals surface area contributed by atoms with Crippen molar-refractivity contribution < 1.29 is 0 Å². The zero-order valence-electron chi connectivity index (χ0n) is 11.4. The van der Waals surface area contributed by atoms with Gasteiger partial charge in [-0.15, -0.1) is 0 Å². The topological polar surface area (TPSA) is 66.5 Å². The van der Waals surface area contributed by atoms with Crippen LogP contribution in [0.3, 0.4) is 0 Å². The first-order valence-corrected chi connectivity index (χ1v) is 7.21. The number of hydrogen-bond donors (Lipinski definition) is 2. The lowest BCUT2D eigenvalue weighted by Crippen LogP contribution is -2.17. The van der Waals surface area contributed by atoms with Crippen molar-refractivity contribution in [2.45, 2.75) is 39.0 Å². The van der Waals surface area contributed by atoms with Crippen molar-refractivity contribution >= 4 is 17.0 Å². The molecule has 2 aromatic heterocycles. The second-order valence-electron chi connectivity index (χ2n) is 5.68. The second-order valence-corrected chi connectivity index (χ2v) is 5.68. The Bertz CT molecular complexity index is 535. The van der Waals surface area contributed by atoms with Crippen molar-refractivity contribution in [3.63, 3.8) is 0 Å². The predicted molar refractivity (Wildman–Crippen MR) is 75.9 cm³/mol. The van der Waals surface area contributed by atoms with Gasteiger partial charge in [-0.05, 0) is 24.7 Å². The Morgan fingerprint density at radius 3 is 3.16 bits per heavy atom. The Kier molecular flexibility index (Phi) is 3.62. The van der Waals surface area contributed by atoms with Crippen molar-refractivity contribution in [3.8, 4) is 0 Å². The van der Waals surface area contributed by atoms with Crippen LogP contribution in [0.25, 0.3) is 11.2 Å². The highest BCUT2D eigenvalue weighted by Gasteiger charge is 2.18. The summed E-state index contributed by atoms with van der Waals surface area (Å²) in [6, 6.07) is 0. The van der Waals surface area contributed by atoms with Crippen LogP contribution in [0.1, 0.15) is 39.0 Å². The summed E-state index contributed by atoms with van der Waals surface area (Å²) in [4.78, 5) is 15.6. The molecule has 1 aliphatic rings. The molecule has 1 saturated carbocycles. The molecule has 2 unspecified atom stereocenters. The Balaban J connectivity index is 1.56. The van der Waals surface area contributed by atoms with E-state index in [-0.39, 0.29) is 0 Å². The van der Waals surface area contributed by atoms with Crippen molar-refractivity contribution in [2.75, 3.05) is 11.9 Å². The van der Waals surface area contributed by atoms with Gasteiger partial charge in [0.05, 0.1) is 6.33 Å². The fourth-order valence-electron chi connectivity index (χ4n) is 3.12. The summed E-state index contributed by atoms with van der Waals surface area (Å²) in [5.41, 5.74) is 1.63. The van der Waals surface area contributed by atoms with Crippen LogP contribution in [0.5, 0.6) is 0 Å². The molecular formula is C14H21N5. The van der Waals surface area contributed by atoms with Gasteiger partial charge in [0.1, 0.15) is 11.8 Å². The number of nitrogens with zero attached hydrogens (tertiary/aromatic N) is 3. The number of anilines is 1. The summed E-state index contributed by atoms with van der Waals surface area (Å²) in [7, 11) is 0. The van der Waals surface area contributed by atoms with E-state index < -0.39 is 0 Å². The molecule has 2 aromatic rings. The van der Waals surface area contributed by atoms with Gasteiger partial charge in [0.2, 0.25) is 0 Å². The lowest BCUT2D eigenvalue weighted by Gasteiger charge is -2.26. The van der Waals surface area contributed by atoms with Crippen LogP contribution < -0.4 is 5.32 Å². The molecule has 0 saturated heterocycles. The SMILES string of the molecule is CC1CCCC(CCNc2ncnc3nc[nH]c23)C1. The predicted octanol–water partition coefficient (Wildman–Crippen LogP) is 2.98. The number of fused-ring (bicyclic) bond motifs is 1. The maximum atomic E-state index is 4.28. The van der Waals surface area contributed by atoms with E-state index >= 15 is 0 Å². The Labute approximate surface area is 113 Å². The van der Waals surface area contributed by atoms with E-state index in [0.29, 0.717) is 0 Å². The fraction of sp³-hybridized carbons (Fsp3) is 0.643. The molecule has 0 aromatic carbocycles. The minimum absolute atomic E-state index is 0.726. The Morgan fingerprint density at radius 1 is 1.32 bits per heavy atom. The molecule has 0 amide bonds. The highest BCUT2D eigenvalue weighted by atomic mass is 15.1. The van der Waals surface area contributed by atoms with Gasteiger partial charge < -0.3 is 10.3 Å². The first-order valence-electron chi connectivity index (χ1n) is 7.21. The molecule has 3 rings (SSSR count). The summed E-state index contributed by atoms with van der Waals surface area (Å²) >= 11 is 0. The van der Waals surface area contributed by atoms with Gasteiger partial charge in [0, 0.05) is 6.54 Å². The molecule has 1 fully saturated rings. The van der Waals surface area contributed by atoms with Gasteiger partial charge in [-0.2, -0.15) is 0 Å². The summed E-state index contributed by atoms with van der Waals surface area (Å²) in [6.45, 7) is 3.35. The molecule has 0 aliphatic heterocycles. The van der Waals surface area contributed by atoms with E-state index in [9.17, 15) is 0 Å². The van der Waals surface area contributed by atoms with E-state index in [1.807, 2.05) is 0 Å². The van der Waals surface area contributed by atoms with Crippen molar-refractivity contribution in [3.05, 3.63) is 12.7 Å². The molecule has 19 heavy (non-hydrogen) atoms. The first-order chi connectivity index (χ1) is 9.33. The minimum atomic E-state index is 0.726. The van der Waals surface area contributed by atoms with Crippen LogP contribution in [0.15, 0.2) is 12.7 Å². The second kappa shape index (κ2) is 5.55. The summed E-state index contributed by atoms with van der Waals surface area (Å²) in [5.74, 6) is 2.64. The molecule has 0 bridgehead atoms. The highest BCUT2D eigenvalue weighted by Crippen LogP contribution is 2.30. The van der Waals surface area contributed by atoms with Crippen LogP contribution in [-0.2, 0) is 0 Å². The normalized spacial score (nSPS) is 23.6. The third-order valence-electron chi connectivity index (χ3n) is 4.11. The van der Waals surface area contributed by atoms with Crippen LogP contribution in [0, 0.1) is 11.8 Å². The molecule has 5 heteroatoms. The third-order valence-corrected chi connectivity index (χ3v) is 4.11. The zero-order valence-corrected chi connectivity index (χ0v) is 11.4. The summed E-state index contributed by atoms with van der Waals surface area (Å²) < 4.78 is 0. The van der Waals surface area contributed by atoms with E-state index in [2.05, 4.69) is 32.2 Å². The van der Waals surface area contributed by atoms with Crippen LogP contribution in [0.2, 0.25) is 0 Å². The average Bonchev–Trinajstić information content (AvgIpc) is 2.88. The maximum absolute atomic E-state index is 4.28. The number of H-pyrrole nitrogens is 1. The molecule has 0 spiro atoms. The lowest BCUT2D eigenvalue weighted by molar-refractivity contribution is 0.274. The molecule has 0 radical (unpaired) electrons. The molecule has 2 heterocycles. The van der Waals surface area contributed by atoms with E-state index in [4.69, 9.17) is 0 Å². The highest BCUT2D eigenvalue weighted by molar-refractivity contribution is 5.81. The monoisotopic (exact) mass is 259 g/mol. The maximum Gasteiger partial charge on any atom is 0.182 e. The average molecular weight is 259 g/mol. The lowest BCUT2D eigenvalue weighted by atomic mass is 9.81. The largest absolute Gasteiger partial charge is 0.368 e. The molecule has 5 nitrogen and oxygen atoms in total. The smallest absolute Gasteiger partial charge is 0.182 e. The number of hydrogen-bond acceptors (Lipinski definition) is 4. The molecule has 2 N–H and O–H groups in total. The molecule has 1 aliphatic carbocycles. The summed E-state index contributed by atoms with van der Waals surface area (Å²) in [6.07, 6.45) is 10.0. The zero-order chi connectivity index (χ0) is 13.1. The quantitative estimate of drug-likeness (QED) is 0.885. The molecule has 102 valence electrons. The number of rotatable bonds is 4. The standard InChI is InChI=1S/C14H21N5/c1-10-3-2-4-11(7-10)5-6-15-13-12-14(17-8-16-12)19-9-18-13/h8-11H,2-7H2,1H3,(H2,15,16,17,18,19). The first kappa shape index (κ1) is 12.4. The fourth-order valence-corrected chi connectivity index (χ4v) is 3.12.